The third-order valence-corrected chi connectivity index (χ3v) is 4.36. The second-order valence-electron chi connectivity index (χ2n) is 4.62. The van der Waals surface area contributed by atoms with Crippen molar-refractivity contribution < 1.29 is 18.7 Å². The Balaban J connectivity index is 2.12. The van der Waals surface area contributed by atoms with Gasteiger partial charge < -0.3 is 14.8 Å². The van der Waals surface area contributed by atoms with E-state index < -0.39 is 5.82 Å². The Kier molecular flexibility index (Phi) is 6.01. The molecule has 2 aromatic rings. The SMILES string of the molecule is COc1cc(CNC(=O)c2ccc(Br)c(F)c2)cc(Br)c1OC. The number of nitrogens with one attached hydrogen (secondary N) is 1. The van der Waals surface area contributed by atoms with Crippen LogP contribution >= 0.6 is 31.9 Å². The van der Waals surface area contributed by atoms with Crippen LogP contribution in [0.4, 0.5) is 4.39 Å². The van der Waals surface area contributed by atoms with Crippen LogP contribution < -0.4 is 14.8 Å². The van der Waals surface area contributed by atoms with Gasteiger partial charge in [-0.25, -0.2) is 4.39 Å². The molecule has 0 fully saturated rings. The van der Waals surface area contributed by atoms with Crippen molar-refractivity contribution in [3.05, 3.63) is 56.2 Å². The molecule has 2 rings (SSSR count). The van der Waals surface area contributed by atoms with E-state index in [0.29, 0.717) is 16.0 Å². The maximum atomic E-state index is 13.5. The fourth-order valence-electron chi connectivity index (χ4n) is 2.00. The smallest absolute Gasteiger partial charge is 0.251 e. The Bertz CT molecular complexity index is 738. The Hall–Kier alpha value is -1.60. The largest absolute Gasteiger partial charge is 0.493 e. The average Bonchev–Trinajstić information content (AvgIpc) is 2.54. The first kappa shape index (κ1) is 17.7. The monoisotopic (exact) mass is 445 g/mol. The van der Waals surface area contributed by atoms with E-state index in [4.69, 9.17) is 9.47 Å². The van der Waals surface area contributed by atoms with Crippen molar-refractivity contribution in [2.45, 2.75) is 6.54 Å². The standard InChI is InChI=1S/C16H14Br2FNO3/c1-22-14-6-9(5-12(18)15(14)23-2)8-20-16(21)10-3-4-11(17)13(19)7-10/h3-7H,8H2,1-2H3,(H,20,21). The third kappa shape index (κ3) is 4.23. The summed E-state index contributed by atoms with van der Waals surface area (Å²) in [5.41, 5.74) is 1.07. The van der Waals surface area contributed by atoms with Crippen molar-refractivity contribution in [2.24, 2.45) is 0 Å². The van der Waals surface area contributed by atoms with Crippen molar-refractivity contribution in [2.75, 3.05) is 14.2 Å². The number of hydrogen-bond acceptors (Lipinski definition) is 3. The van der Waals surface area contributed by atoms with Crippen molar-refractivity contribution >= 4 is 37.8 Å². The lowest BCUT2D eigenvalue weighted by atomic mass is 10.1. The van der Waals surface area contributed by atoms with Crippen molar-refractivity contribution in [1.29, 1.82) is 0 Å². The molecule has 0 atom stereocenters. The van der Waals surface area contributed by atoms with Gasteiger partial charge in [-0.2, -0.15) is 0 Å². The van der Waals surface area contributed by atoms with E-state index >= 15 is 0 Å². The first-order chi connectivity index (χ1) is 11.0. The summed E-state index contributed by atoms with van der Waals surface area (Å²) in [6.45, 7) is 0.273. The van der Waals surface area contributed by atoms with E-state index in [1.54, 1.807) is 19.2 Å². The molecule has 0 heterocycles. The zero-order valence-electron chi connectivity index (χ0n) is 12.5. The summed E-state index contributed by atoms with van der Waals surface area (Å²) in [5.74, 6) is 0.298. The first-order valence-electron chi connectivity index (χ1n) is 6.60. The van der Waals surface area contributed by atoms with Crippen LogP contribution in [0.5, 0.6) is 11.5 Å². The van der Waals surface area contributed by atoms with E-state index in [1.807, 2.05) is 6.07 Å². The molecule has 0 saturated carbocycles. The van der Waals surface area contributed by atoms with Gasteiger partial charge >= 0.3 is 0 Å². The van der Waals surface area contributed by atoms with Gasteiger partial charge in [-0.15, -0.1) is 0 Å². The van der Waals surface area contributed by atoms with Crippen molar-refractivity contribution in [1.82, 2.24) is 5.32 Å². The quantitative estimate of drug-likeness (QED) is 0.744. The minimum atomic E-state index is -0.480. The van der Waals surface area contributed by atoms with Gasteiger partial charge in [-0.05, 0) is 67.8 Å². The molecule has 0 saturated heterocycles. The molecule has 7 heteroatoms. The van der Waals surface area contributed by atoms with Gasteiger partial charge in [0.15, 0.2) is 11.5 Å². The number of amides is 1. The minimum absolute atomic E-state index is 0.255. The van der Waals surface area contributed by atoms with Gasteiger partial charge in [-0.3, -0.25) is 4.79 Å². The van der Waals surface area contributed by atoms with Crippen LogP contribution in [-0.2, 0) is 6.54 Å². The lowest BCUT2D eigenvalue weighted by Gasteiger charge is -2.12. The molecule has 122 valence electrons. The first-order valence-corrected chi connectivity index (χ1v) is 8.18. The van der Waals surface area contributed by atoms with E-state index in [2.05, 4.69) is 37.2 Å². The molecule has 4 nitrogen and oxygen atoms in total. The molecule has 2 aromatic carbocycles. The number of halogens is 3. The van der Waals surface area contributed by atoms with Gasteiger partial charge in [0, 0.05) is 12.1 Å². The summed E-state index contributed by atoms with van der Waals surface area (Å²) in [7, 11) is 3.09. The van der Waals surface area contributed by atoms with E-state index in [1.165, 1.54) is 19.2 Å². The van der Waals surface area contributed by atoms with Gasteiger partial charge in [0.1, 0.15) is 5.82 Å². The van der Waals surface area contributed by atoms with Crippen LogP contribution in [0, 0.1) is 5.82 Å². The Morgan fingerprint density at radius 3 is 2.48 bits per heavy atom. The van der Waals surface area contributed by atoms with E-state index in [-0.39, 0.29) is 18.0 Å². The number of carbonyl (C=O) groups is 1. The molecular weight excluding hydrogens is 433 g/mol. The Morgan fingerprint density at radius 1 is 1.13 bits per heavy atom. The van der Waals surface area contributed by atoms with Gasteiger partial charge in [0.25, 0.3) is 5.91 Å². The highest BCUT2D eigenvalue weighted by Gasteiger charge is 2.12. The van der Waals surface area contributed by atoms with Crippen LogP contribution in [0.25, 0.3) is 0 Å². The number of hydrogen-bond donors (Lipinski definition) is 1. The fourth-order valence-corrected chi connectivity index (χ4v) is 2.89. The van der Waals surface area contributed by atoms with Crippen molar-refractivity contribution in [3.63, 3.8) is 0 Å². The summed E-state index contributed by atoms with van der Waals surface area (Å²) >= 11 is 6.45. The number of ether oxygens (including phenoxy) is 2. The molecule has 0 aliphatic heterocycles. The number of benzene rings is 2. The van der Waals surface area contributed by atoms with Gasteiger partial charge in [-0.1, -0.05) is 0 Å². The number of methoxy groups -OCH3 is 2. The molecule has 0 aliphatic rings. The molecule has 0 aromatic heterocycles. The Morgan fingerprint density at radius 2 is 1.87 bits per heavy atom. The summed E-state index contributed by atoms with van der Waals surface area (Å²) in [6.07, 6.45) is 0. The number of carbonyl (C=O) groups excluding carboxylic acids is 1. The summed E-state index contributed by atoms with van der Waals surface area (Å²) in [6, 6.07) is 7.82. The summed E-state index contributed by atoms with van der Waals surface area (Å²) in [4.78, 5) is 12.1. The van der Waals surface area contributed by atoms with Gasteiger partial charge in [0.05, 0.1) is 23.2 Å². The minimum Gasteiger partial charge on any atom is -0.493 e. The molecule has 23 heavy (non-hydrogen) atoms. The lowest BCUT2D eigenvalue weighted by Crippen LogP contribution is -2.23. The predicted molar refractivity (Wildman–Crippen MR) is 92.5 cm³/mol. The predicted octanol–water partition coefficient (Wildman–Crippen LogP) is 4.30. The Labute approximate surface area is 150 Å². The second-order valence-corrected chi connectivity index (χ2v) is 6.33. The molecular formula is C16H14Br2FNO3. The molecule has 0 bridgehead atoms. The normalized spacial score (nSPS) is 10.3. The lowest BCUT2D eigenvalue weighted by molar-refractivity contribution is 0.0950. The van der Waals surface area contributed by atoms with Crippen LogP contribution in [0.1, 0.15) is 15.9 Å². The number of rotatable bonds is 5. The molecule has 0 spiro atoms. The second kappa shape index (κ2) is 7.79. The van der Waals surface area contributed by atoms with Crippen molar-refractivity contribution in [3.8, 4) is 11.5 Å². The van der Waals surface area contributed by atoms with Crippen LogP contribution in [0.3, 0.4) is 0 Å². The average molecular weight is 447 g/mol. The maximum absolute atomic E-state index is 13.5. The van der Waals surface area contributed by atoms with Crippen LogP contribution in [-0.4, -0.2) is 20.1 Å². The molecule has 0 unspecified atom stereocenters. The zero-order chi connectivity index (χ0) is 17.0. The van der Waals surface area contributed by atoms with Crippen LogP contribution in [0.15, 0.2) is 39.3 Å². The molecule has 1 N–H and O–H groups in total. The fraction of sp³-hybridized carbons (Fsp3) is 0.188. The highest BCUT2D eigenvalue weighted by Crippen LogP contribution is 2.36. The topological polar surface area (TPSA) is 47.6 Å². The summed E-state index contributed by atoms with van der Waals surface area (Å²) < 4.78 is 25.0. The molecule has 0 radical (unpaired) electrons. The molecule has 0 aliphatic carbocycles. The molecule has 1 amide bonds. The van der Waals surface area contributed by atoms with Crippen LogP contribution in [0.2, 0.25) is 0 Å². The zero-order valence-corrected chi connectivity index (χ0v) is 15.6. The highest BCUT2D eigenvalue weighted by atomic mass is 79.9. The van der Waals surface area contributed by atoms with Gasteiger partial charge in [0.2, 0.25) is 0 Å². The summed E-state index contributed by atoms with van der Waals surface area (Å²) in [5, 5.41) is 2.74. The maximum Gasteiger partial charge on any atom is 0.251 e. The highest BCUT2D eigenvalue weighted by molar-refractivity contribution is 9.10. The van der Waals surface area contributed by atoms with E-state index in [9.17, 15) is 9.18 Å². The third-order valence-electron chi connectivity index (χ3n) is 3.13. The van der Waals surface area contributed by atoms with E-state index in [0.717, 1.165) is 10.0 Å².